The van der Waals surface area contributed by atoms with Crippen molar-refractivity contribution < 1.29 is 18.8 Å². The van der Waals surface area contributed by atoms with E-state index in [4.69, 9.17) is 4.52 Å². The fourth-order valence-corrected chi connectivity index (χ4v) is 4.03. The van der Waals surface area contributed by atoms with Gasteiger partial charge in [-0.1, -0.05) is 22.9 Å². The van der Waals surface area contributed by atoms with Crippen molar-refractivity contribution >= 4 is 28.9 Å². The van der Waals surface area contributed by atoms with E-state index < -0.39 is 11.7 Å². The van der Waals surface area contributed by atoms with E-state index in [0.717, 1.165) is 18.5 Å². The van der Waals surface area contributed by atoms with E-state index in [0.29, 0.717) is 17.1 Å². The Balaban J connectivity index is 1.33. The molecule has 1 saturated heterocycles. The number of amides is 2. The summed E-state index contributed by atoms with van der Waals surface area (Å²) in [5, 5.41) is 10.9. The molecule has 2 heterocycles. The summed E-state index contributed by atoms with van der Waals surface area (Å²) >= 11 is 0. The largest absolute Gasteiger partial charge is 0.431 e. The van der Waals surface area contributed by atoms with E-state index in [2.05, 4.69) is 15.5 Å². The molecule has 3 aromatic rings. The van der Waals surface area contributed by atoms with Gasteiger partial charge in [-0.05, 0) is 54.5 Å². The van der Waals surface area contributed by atoms with Gasteiger partial charge in [-0.15, -0.1) is 0 Å². The zero-order valence-electron chi connectivity index (χ0n) is 18.0. The number of azo groups is 1. The number of carbonyl (C=O) groups is 2. The summed E-state index contributed by atoms with van der Waals surface area (Å²) in [6.07, 6.45) is 1.93. The monoisotopic (exact) mass is 447 g/mol. The van der Waals surface area contributed by atoms with Crippen molar-refractivity contribution in [3.05, 3.63) is 70.7 Å². The second kappa shape index (κ2) is 8.55. The topological polar surface area (TPSA) is 115 Å². The molecule has 1 aromatic heterocycles. The maximum absolute atomic E-state index is 13.3. The molecular formula is C23H23N6O4+. The van der Waals surface area contributed by atoms with Gasteiger partial charge in [0.25, 0.3) is 5.91 Å². The van der Waals surface area contributed by atoms with Crippen molar-refractivity contribution in [2.75, 3.05) is 4.90 Å². The summed E-state index contributed by atoms with van der Waals surface area (Å²) in [6, 6.07) is 15.8. The minimum Gasteiger partial charge on any atom is -0.283 e. The maximum Gasteiger partial charge on any atom is 0.431 e. The number of aryl methyl sites for hydroxylation is 1. The fourth-order valence-electron chi connectivity index (χ4n) is 4.03. The average Bonchev–Trinajstić information content (AvgIpc) is 3.56. The number of aromatic amines is 1. The molecule has 0 radical (unpaired) electrons. The lowest BCUT2D eigenvalue weighted by molar-refractivity contribution is -0.747. The standard InChI is InChI=1S/C23H22N6O4/c1-27-20(23(32)33-26-27)14-28(17-11-12-17)19-13-21(30)29(22(19)31)18-9-7-16(8-10-18)25-24-15-5-3-2-4-6-15/h2-10,17,19H,11-14H2,1H3/p+1. The Morgan fingerprint density at radius 1 is 1.03 bits per heavy atom. The Morgan fingerprint density at radius 3 is 2.30 bits per heavy atom. The van der Waals surface area contributed by atoms with Gasteiger partial charge in [-0.3, -0.25) is 19.0 Å². The van der Waals surface area contributed by atoms with Crippen LogP contribution in [0.5, 0.6) is 0 Å². The molecule has 2 fully saturated rings. The minimum absolute atomic E-state index is 0.0737. The molecule has 33 heavy (non-hydrogen) atoms. The first-order chi connectivity index (χ1) is 16.0. The van der Waals surface area contributed by atoms with Gasteiger partial charge in [0.2, 0.25) is 5.91 Å². The lowest BCUT2D eigenvalue weighted by Gasteiger charge is -2.25. The van der Waals surface area contributed by atoms with Crippen molar-refractivity contribution in [2.45, 2.75) is 37.9 Å². The molecule has 2 aromatic carbocycles. The van der Waals surface area contributed by atoms with Gasteiger partial charge in [0.15, 0.2) is 7.05 Å². The van der Waals surface area contributed by atoms with Gasteiger partial charge in [-0.25, -0.2) is 9.69 Å². The number of H-pyrrole nitrogens is 1. The Hall–Kier alpha value is -3.92. The third-order valence-electron chi connectivity index (χ3n) is 5.93. The van der Waals surface area contributed by atoms with Crippen molar-refractivity contribution in [1.29, 1.82) is 0 Å². The van der Waals surface area contributed by atoms with Crippen LogP contribution in [0.15, 0.2) is 74.1 Å². The van der Waals surface area contributed by atoms with Crippen LogP contribution < -0.4 is 15.2 Å². The Morgan fingerprint density at radius 2 is 1.70 bits per heavy atom. The number of hydrogen-bond donors (Lipinski definition) is 1. The highest BCUT2D eigenvalue weighted by Crippen LogP contribution is 2.35. The molecule has 0 spiro atoms. The molecule has 1 aliphatic heterocycles. The number of hydrogen-bond acceptors (Lipinski definition) is 7. The predicted molar refractivity (Wildman–Crippen MR) is 117 cm³/mol. The number of benzene rings is 2. The van der Waals surface area contributed by atoms with Crippen LogP contribution in [0.2, 0.25) is 0 Å². The van der Waals surface area contributed by atoms with Crippen LogP contribution in [0, 0.1) is 0 Å². The number of imide groups is 1. The molecule has 2 amide bonds. The molecular weight excluding hydrogens is 424 g/mol. The van der Waals surface area contributed by atoms with Crippen LogP contribution in [0.3, 0.4) is 0 Å². The molecule has 5 rings (SSSR count). The molecule has 1 atom stereocenters. The normalized spacial score (nSPS) is 18.7. The van der Waals surface area contributed by atoms with Gasteiger partial charge in [0, 0.05) is 6.04 Å². The summed E-state index contributed by atoms with van der Waals surface area (Å²) in [6.45, 7) is 0.239. The number of carbonyl (C=O) groups excluding carboxylic acids is 2. The second-order valence-corrected chi connectivity index (χ2v) is 8.23. The third kappa shape index (κ3) is 4.24. The molecule has 1 aliphatic carbocycles. The van der Waals surface area contributed by atoms with Crippen molar-refractivity contribution in [1.82, 2.24) is 10.2 Å². The number of nitrogens with zero attached hydrogens (tertiary/aromatic N) is 5. The number of aromatic nitrogens is 2. The van der Waals surface area contributed by atoms with Gasteiger partial charge in [0.05, 0.1) is 36.1 Å². The van der Waals surface area contributed by atoms with Gasteiger partial charge in [-0.2, -0.15) is 10.2 Å². The van der Waals surface area contributed by atoms with Crippen LogP contribution in [0.1, 0.15) is 25.0 Å². The van der Waals surface area contributed by atoms with Gasteiger partial charge in [0.1, 0.15) is 0 Å². The molecule has 168 valence electrons. The fraction of sp³-hybridized carbons (Fsp3) is 0.304. The molecule has 1 N–H and O–H groups in total. The van der Waals surface area contributed by atoms with Crippen molar-refractivity contribution in [2.24, 2.45) is 17.3 Å². The number of anilines is 1. The molecule has 1 saturated carbocycles. The molecule has 10 heteroatoms. The van der Waals surface area contributed by atoms with Gasteiger partial charge < -0.3 is 0 Å². The van der Waals surface area contributed by atoms with Crippen molar-refractivity contribution in [3.63, 3.8) is 0 Å². The zero-order valence-corrected chi connectivity index (χ0v) is 18.0. The third-order valence-corrected chi connectivity index (χ3v) is 5.93. The first kappa shape index (κ1) is 21.0. The minimum atomic E-state index is -0.614. The second-order valence-electron chi connectivity index (χ2n) is 8.23. The Bertz CT molecular complexity index is 1260. The smallest absolute Gasteiger partial charge is 0.283 e. The van der Waals surface area contributed by atoms with Crippen LogP contribution >= 0.6 is 0 Å². The first-order valence-corrected chi connectivity index (χ1v) is 10.8. The van der Waals surface area contributed by atoms with E-state index >= 15 is 0 Å². The summed E-state index contributed by atoms with van der Waals surface area (Å²) in [4.78, 5) is 41.3. The highest BCUT2D eigenvalue weighted by Gasteiger charge is 2.48. The van der Waals surface area contributed by atoms with Crippen LogP contribution in [0.25, 0.3) is 0 Å². The average molecular weight is 447 g/mol. The van der Waals surface area contributed by atoms with Crippen LogP contribution in [0.4, 0.5) is 17.1 Å². The molecule has 10 nitrogen and oxygen atoms in total. The zero-order chi connectivity index (χ0) is 22.9. The number of nitrogens with one attached hydrogen (secondary N) is 1. The first-order valence-electron chi connectivity index (χ1n) is 10.8. The van der Waals surface area contributed by atoms with Crippen LogP contribution in [-0.2, 0) is 23.2 Å². The SMILES string of the molecule is C[n+]1[nH]oc(=O)c1CN(C1CC1)C1CC(=O)N(c2ccc(N=Nc3ccccc3)cc2)C1=O. The highest BCUT2D eigenvalue weighted by atomic mass is 16.5. The van der Waals surface area contributed by atoms with Gasteiger partial charge >= 0.3 is 11.3 Å². The van der Waals surface area contributed by atoms with E-state index in [9.17, 15) is 14.4 Å². The lowest BCUT2D eigenvalue weighted by Crippen LogP contribution is -2.47. The Labute approximate surface area is 189 Å². The quantitative estimate of drug-likeness (QED) is 0.339. The Kier molecular flexibility index (Phi) is 5.43. The van der Waals surface area contributed by atoms with Crippen molar-refractivity contribution in [3.8, 4) is 0 Å². The maximum atomic E-state index is 13.3. The molecule has 1 unspecified atom stereocenters. The summed E-state index contributed by atoms with van der Waals surface area (Å²) in [7, 11) is 1.68. The lowest BCUT2D eigenvalue weighted by atomic mass is 10.2. The van der Waals surface area contributed by atoms with E-state index in [-0.39, 0.29) is 30.8 Å². The predicted octanol–water partition coefficient (Wildman–Crippen LogP) is 2.50. The number of rotatable bonds is 7. The summed E-state index contributed by atoms with van der Waals surface area (Å²) < 4.78 is 6.33. The molecule has 0 bridgehead atoms. The summed E-state index contributed by atoms with van der Waals surface area (Å²) in [5.74, 6) is -0.548. The molecule has 2 aliphatic rings. The van der Waals surface area contributed by atoms with E-state index in [1.165, 1.54) is 9.58 Å². The highest BCUT2D eigenvalue weighted by molar-refractivity contribution is 6.22. The van der Waals surface area contributed by atoms with E-state index in [1.807, 2.05) is 35.2 Å². The summed E-state index contributed by atoms with van der Waals surface area (Å²) in [5.41, 5.74) is 1.78. The van der Waals surface area contributed by atoms with Crippen LogP contribution in [-0.4, -0.2) is 34.1 Å². The van der Waals surface area contributed by atoms with E-state index in [1.54, 1.807) is 31.3 Å².